The first-order valence-electron chi connectivity index (χ1n) is 3.18. The average Bonchev–Trinajstić information content (AvgIpc) is 2.01. The van der Waals surface area contributed by atoms with Crippen LogP contribution in [0.1, 0.15) is 5.69 Å². The summed E-state index contributed by atoms with van der Waals surface area (Å²) in [5.41, 5.74) is 0.589. The lowest BCUT2D eigenvalue weighted by atomic mass is 10.3. The van der Waals surface area contributed by atoms with Gasteiger partial charge >= 0.3 is 0 Å². The molecule has 0 bridgehead atoms. The number of allylic oxidation sites excluding steroid dienone is 1. The van der Waals surface area contributed by atoms with Crippen LogP contribution < -0.4 is 0 Å². The van der Waals surface area contributed by atoms with Crippen LogP contribution in [0.2, 0.25) is 0 Å². The summed E-state index contributed by atoms with van der Waals surface area (Å²) in [7, 11) is 0. The summed E-state index contributed by atoms with van der Waals surface area (Å²) in [6.07, 6.45) is 3.39. The zero-order valence-electron chi connectivity index (χ0n) is 5.80. The summed E-state index contributed by atoms with van der Waals surface area (Å²) in [6, 6.07) is 4.63. The maximum atomic E-state index is 12.4. The van der Waals surface area contributed by atoms with Crippen molar-refractivity contribution in [3.63, 3.8) is 0 Å². The fourth-order valence-corrected chi connectivity index (χ4v) is 0.771. The summed E-state index contributed by atoms with van der Waals surface area (Å²) in [6.45, 7) is 0. The van der Waals surface area contributed by atoms with Gasteiger partial charge in [0.25, 0.3) is 0 Å². The first-order chi connectivity index (χ1) is 5.33. The maximum Gasteiger partial charge on any atom is 0.213 e. The van der Waals surface area contributed by atoms with E-state index >= 15 is 0 Å². The van der Waals surface area contributed by atoms with Crippen LogP contribution in [-0.2, 0) is 0 Å². The second kappa shape index (κ2) is 4.09. The van der Waals surface area contributed by atoms with Gasteiger partial charge in [0.15, 0.2) is 0 Å². The summed E-state index contributed by atoms with van der Waals surface area (Å²) in [5, 5.41) is 0. The summed E-state index contributed by atoms with van der Waals surface area (Å²) in [4.78, 5) is 3.60. The van der Waals surface area contributed by atoms with Crippen LogP contribution in [0.15, 0.2) is 24.3 Å². The standard InChI is InChI=1S/C8H7ClFN/c9-6-2-4-7-3-1-5-8(10)11-7/h1-5H,6H2. The van der Waals surface area contributed by atoms with Gasteiger partial charge in [0, 0.05) is 5.88 Å². The van der Waals surface area contributed by atoms with Gasteiger partial charge in [-0.3, -0.25) is 0 Å². The first kappa shape index (κ1) is 8.21. The first-order valence-corrected chi connectivity index (χ1v) is 3.71. The van der Waals surface area contributed by atoms with E-state index in [0.29, 0.717) is 11.6 Å². The number of nitrogens with zero attached hydrogens (tertiary/aromatic N) is 1. The van der Waals surface area contributed by atoms with Gasteiger partial charge in [-0.05, 0) is 18.2 Å². The van der Waals surface area contributed by atoms with Crippen LogP contribution in [0.5, 0.6) is 0 Å². The molecule has 0 atom stereocenters. The summed E-state index contributed by atoms with van der Waals surface area (Å²) >= 11 is 5.38. The SMILES string of the molecule is Fc1cccc(C=CCCl)n1. The molecule has 1 aromatic heterocycles. The summed E-state index contributed by atoms with van der Waals surface area (Å²) < 4.78 is 12.4. The van der Waals surface area contributed by atoms with Crippen LogP contribution >= 0.6 is 11.6 Å². The third-order valence-corrected chi connectivity index (χ3v) is 1.29. The van der Waals surface area contributed by atoms with Crippen LogP contribution in [0.25, 0.3) is 6.08 Å². The number of alkyl halides is 1. The van der Waals surface area contributed by atoms with E-state index in [2.05, 4.69) is 4.98 Å². The van der Waals surface area contributed by atoms with Crippen LogP contribution in [-0.4, -0.2) is 10.9 Å². The number of hydrogen-bond acceptors (Lipinski definition) is 1. The number of aromatic nitrogens is 1. The van der Waals surface area contributed by atoms with Crippen molar-refractivity contribution in [3.8, 4) is 0 Å². The molecular formula is C8H7ClFN. The number of halogens is 2. The predicted octanol–water partition coefficient (Wildman–Crippen LogP) is 2.47. The highest BCUT2D eigenvalue weighted by Crippen LogP contribution is 1.99. The molecule has 1 rings (SSSR count). The van der Waals surface area contributed by atoms with Crippen LogP contribution in [0, 0.1) is 5.95 Å². The highest BCUT2D eigenvalue weighted by Gasteiger charge is 1.89. The number of pyridine rings is 1. The molecule has 0 aliphatic carbocycles. The van der Waals surface area contributed by atoms with Gasteiger partial charge in [0.05, 0.1) is 5.69 Å². The van der Waals surface area contributed by atoms with Gasteiger partial charge < -0.3 is 0 Å². The highest BCUT2D eigenvalue weighted by atomic mass is 35.5. The van der Waals surface area contributed by atoms with Crippen LogP contribution in [0.4, 0.5) is 4.39 Å². The second-order valence-corrected chi connectivity index (χ2v) is 2.25. The molecule has 0 saturated heterocycles. The molecule has 0 spiro atoms. The van der Waals surface area contributed by atoms with Crippen LogP contribution in [0.3, 0.4) is 0 Å². The monoisotopic (exact) mass is 171 g/mol. The zero-order chi connectivity index (χ0) is 8.10. The third kappa shape index (κ3) is 2.68. The van der Waals surface area contributed by atoms with Crippen molar-refractivity contribution < 1.29 is 4.39 Å². The molecular weight excluding hydrogens is 165 g/mol. The van der Waals surface area contributed by atoms with E-state index < -0.39 is 5.95 Å². The highest BCUT2D eigenvalue weighted by molar-refractivity contribution is 6.19. The largest absolute Gasteiger partial charge is 0.220 e. The molecule has 0 aliphatic rings. The molecule has 0 unspecified atom stereocenters. The van der Waals surface area contributed by atoms with Gasteiger partial charge in [-0.2, -0.15) is 4.39 Å². The normalized spacial score (nSPS) is 10.7. The minimum absolute atomic E-state index is 0.415. The fraction of sp³-hybridized carbons (Fsp3) is 0.125. The molecule has 11 heavy (non-hydrogen) atoms. The van der Waals surface area contributed by atoms with Crippen molar-refractivity contribution in [2.75, 3.05) is 5.88 Å². The van der Waals surface area contributed by atoms with Gasteiger partial charge in [-0.25, -0.2) is 4.98 Å². The Balaban J connectivity index is 2.79. The third-order valence-electron chi connectivity index (χ3n) is 1.11. The minimum Gasteiger partial charge on any atom is -0.220 e. The Morgan fingerprint density at radius 2 is 2.36 bits per heavy atom. The molecule has 3 heteroatoms. The molecule has 58 valence electrons. The minimum atomic E-state index is -0.471. The van der Waals surface area contributed by atoms with E-state index in [1.807, 2.05) is 0 Å². The molecule has 0 aliphatic heterocycles. The van der Waals surface area contributed by atoms with Gasteiger partial charge in [-0.1, -0.05) is 12.1 Å². The van der Waals surface area contributed by atoms with Crippen molar-refractivity contribution in [1.82, 2.24) is 4.98 Å². The number of hydrogen-bond donors (Lipinski definition) is 0. The van der Waals surface area contributed by atoms with Crippen molar-refractivity contribution >= 4 is 17.7 Å². The Morgan fingerprint density at radius 3 is 3.00 bits per heavy atom. The molecule has 0 fully saturated rings. The molecule has 0 amide bonds. The summed E-state index contributed by atoms with van der Waals surface area (Å²) in [5.74, 6) is -0.0558. The Kier molecular flexibility index (Phi) is 3.05. The van der Waals surface area contributed by atoms with Crippen molar-refractivity contribution in [2.24, 2.45) is 0 Å². The molecule has 0 N–H and O–H groups in total. The Hall–Kier alpha value is -0.890. The van der Waals surface area contributed by atoms with Gasteiger partial charge in [-0.15, -0.1) is 11.6 Å². The van der Waals surface area contributed by atoms with E-state index in [1.54, 1.807) is 24.3 Å². The van der Waals surface area contributed by atoms with Crippen molar-refractivity contribution in [2.45, 2.75) is 0 Å². The predicted molar refractivity (Wildman–Crippen MR) is 43.9 cm³/mol. The Morgan fingerprint density at radius 1 is 1.55 bits per heavy atom. The molecule has 0 radical (unpaired) electrons. The lowest BCUT2D eigenvalue weighted by Gasteiger charge is -1.90. The van der Waals surface area contributed by atoms with Gasteiger partial charge in [0.2, 0.25) is 5.95 Å². The average molecular weight is 172 g/mol. The quantitative estimate of drug-likeness (QED) is 0.492. The molecule has 1 aromatic rings. The molecule has 0 saturated carbocycles. The Labute approximate surface area is 69.5 Å². The second-order valence-electron chi connectivity index (χ2n) is 1.94. The smallest absolute Gasteiger partial charge is 0.213 e. The Bertz CT molecular complexity index is 260. The lowest BCUT2D eigenvalue weighted by Crippen LogP contribution is -1.83. The molecule has 0 aromatic carbocycles. The van der Waals surface area contributed by atoms with E-state index in [1.165, 1.54) is 6.07 Å². The van der Waals surface area contributed by atoms with Crippen molar-refractivity contribution in [3.05, 3.63) is 35.9 Å². The van der Waals surface area contributed by atoms with Crippen molar-refractivity contribution in [1.29, 1.82) is 0 Å². The van der Waals surface area contributed by atoms with E-state index in [0.717, 1.165) is 0 Å². The lowest BCUT2D eigenvalue weighted by molar-refractivity contribution is 0.583. The zero-order valence-corrected chi connectivity index (χ0v) is 6.55. The molecule has 1 nitrogen and oxygen atoms in total. The van der Waals surface area contributed by atoms with Gasteiger partial charge in [0.1, 0.15) is 0 Å². The fourth-order valence-electron chi connectivity index (χ4n) is 0.682. The molecule has 1 heterocycles. The van der Waals surface area contributed by atoms with E-state index in [-0.39, 0.29) is 0 Å². The number of rotatable bonds is 2. The van der Waals surface area contributed by atoms with E-state index in [9.17, 15) is 4.39 Å². The van der Waals surface area contributed by atoms with E-state index in [4.69, 9.17) is 11.6 Å². The maximum absolute atomic E-state index is 12.4. The topological polar surface area (TPSA) is 12.9 Å².